The monoisotopic (exact) mass is 403 g/mol. The third-order valence-electron chi connectivity index (χ3n) is 5.64. The summed E-state index contributed by atoms with van der Waals surface area (Å²) in [5.74, 6) is 0.121. The molecule has 1 aliphatic rings. The van der Waals surface area contributed by atoms with Crippen LogP contribution in [-0.4, -0.2) is 33.4 Å². The second-order valence-electron chi connectivity index (χ2n) is 7.62. The quantitative estimate of drug-likeness (QED) is 0.497. The van der Waals surface area contributed by atoms with Crippen molar-refractivity contribution in [1.82, 2.24) is 14.5 Å². The minimum absolute atomic E-state index is 0.00123. The van der Waals surface area contributed by atoms with Gasteiger partial charge in [-0.1, -0.05) is 6.07 Å². The van der Waals surface area contributed by atoms with Crippen molar-refractivity contribution in [3.05, 3.63) is 64.0 Å². The summed E-state index contributed by atoms with van der Waals surface area (Å²) in [6.07, 6.45) is 7.01. The standard InChI is InChI=1S/C23H21N3O2S/c1-25-10-7-16-11-15(5-6-19(16)22(25)27)18-12-17-13-20(29-21(17)24-14-18)23(28)26-8-3-2-4-9-26/h5-7,10-14H,2-4,8-9H2,1H3. The molecule has 0 saturated carbocycles. The summed E-state index contributed by atoms with van der Waals surface area (Å²) in [5, 5.41) is 2.60. The number of aromatic nitrogens is 2. The van der Waals surface area contributed by atoms with Crippen LogP contribution in [0.5, 0.6) is 0 Å². The van der Waals surface area contributed by atoms with Crippen LogP contribution in [0.4, 0.5) is 0 Å². The highest BCUT2D eigenvalue weighted by molar-refractivity contribution is 7.20. The van der Waals surface area contributed by atoms with Gasteiger partial charge >= 0.3 is 0 Å². The maximum absolute atomic E-state index is 12.8. The van der Waals surface area contributed by atoms with Crippen molar-refractivity contribution in [2.24, 2.45) is 7.05 Å². The highest BCUT2D eigenvalue weighted by atomic mass is 32.1. The molecule has 0 N–H and O–H groups in total. The van der Waals surface area contributed by atoms with Crippen molar-refractivity contribution < 1.29 is 4.79 Å². The summed E-state index contributed by atoms with van der Waals surface area (Å²) in [5.41, 5.74) is 1.99. The molecule has 0 spiro atoms. The summed E-state index contributed by atoms with van der Waals surface area (Å²) in [7, 11) is 1.76. The Kier molecular flexibility index (Phi) is 4.43. The molecule has 1 aliphatic heterocycles. The van der Waals surface area contributed by atoms with E-state index < -0.39 is 0 Å². The summed E-state index contributed by atoms with van der Waals surface area (Å²) in [4.78, 5) is 33.3. The number of pyridine rings is 2. The van der Waals surface area contributed by atoms with Gasteiger partial charge < -0.3 is 9.47 Å². The topological polar surface area (TPSA) is 55.2 Å². The molecule has 0 bridgehead atoms. The normalized spacial score (nSPS) is 14.6. The van der Waals surface area contributed by atoms with E-state index in [4.69, 9.17) is 0 Å². The summed E-state index contributed by atoms with van der Waals surface area (Å²) in [6.45, 7) is 1.70. The van der Waals surface area contributed by atoms with E-state index in [-0.39, 0.29) is 11.5 Å². The summed E-state index contributed by atoms with van der Waals surface area (Å²) >= 11 is 1.46. The Morgan fingerprint density at radius 1 is 1.00 bits per heavy atom. The van der Waals surface area contributed by atoms with E-state index in [1.165, 1.54) is 17.8 Å². The molecule has 29 heavy (non-hydrogen) atoms. The predicted octanol–water partition coefficient (Wildman–Crippen LogP) is 4.44. The van der Waals surface area contributed by atoms with E-state index in [9.17, 15) is 9.59 Å². The molecule has 1 amide bonds. The molecule has 146 valence electrons. The Labute approximate surface area is 172 Å². The van der Waals surface area contributed by atoms with Crippen LogP contribution in [0.15, 0.2) is 53.6 Å². The lowest BCUT2D eigenvalue weighted by Gasteiger charge is -2.26. The lowest BCUT2D eigenvalue weighted by molar-refractivity contribution is 0.0729. The number of carbonyl (C=O) groups excluding carboxylic acids is 1. The van der Waals surface area contributed by atoms with E-state index in [1.807, 2.05) is 41.4 Å². The molecule has 5 rings (SSSR count). The molecule has 5 nitrogen and oxygen atoms in total. The van der Waals surface area contributed by atoms with Crippen LogP contribution in [0, 0.1) is 0 Å². The molecule has 0 unspecified atom stereocenters. The van der Waals surface area contributed by atoms with E-state index in [1.54, 1.807) is 17.8 Å². The number of aryl methyl sites for hydroxylation is 1. The fraction of sp³-hybridized carbons (Fsp3) is 0.261. The molecule has 3 aromatic heterocycles. The molecule has 4 aromatic rings. The van der Waals surface area contributed by atoms with Gasteiger partial charge in [-0.3, -0.25) is 9.59 Å². The number of hydrogen-bond donors (Lipinski definition) is 0. The van der Waals surface area contributed by atoms with Crippen molar-refractivity contribution in [3.8, 4) is 11.1 Å². The fourth-order valence-electron chi connectivity index (χ4n) is 3.97. The molecule has 4 heterocycles. The number of rotatable bonds is 2. The molecule has 6 heteroatoms. The number of carbonyl (C=O) groups is 1. The lowest BCUT2D eigenvalue weighted by Crippen LogP contribution is -2.35. The molecular formula is C23H21N3O2S. The average Bonchev–Trinajstić information content (AvgIpc) is 3.19. The number of fused-ring (bicyclic) bond motifs is 2. The molecule has 1 saturated heterocycles. The largest absolute Gasteiger partial charge is 0.338 e. The molecule has 0 radical (unpaired) electrons. The highest BCUT2D eigenvalue weighted by Crippen LogP contribution is 2.30. The first-order chi connectivity index (χ1) is 14.1. The van der Waals surface area contributed by atoms with Crippen molar-refractivity contribution in [3.63, 3.8) is 0 Å². The van der Waals surface area contributed by atoms with E-state index >= 15 is 0 Å². The number of piperidine rings is 1. The van der Waals surface area contributed by atoms with E-state index in [0.717, 1.165) is 57.5 Å². The zero-order valence-electron chi connectivity index (χ0n) is 16.2. The van der Waals surface area contributed by atoms with Gasteiger partial charge in [-0.15, -0.1) is 11.3 Å². The third kappa shape index (κ3) is 3.23. The molecule has 1 fully saturated rings. The van der Waals surface area contributed by atoms with Crippen LogP contribution < -0.4 is 5.56 Å². The molecule has 0 aliphatic carbocycles. The van der Waals surface area contributed by atoms with Gasteiger partial charge in [0.05, 0.1) is 4.88 Å². The van der Waals surface area contributed by atoms with E-state index in [0.29, 0.717) is 5.39 Å². The van der Waals surface area contributed by atoms with Gasteiger partial charge in [0.1, 0.15) is 4.83 Å². The van der Waals surface area contributed by atoms with Crippen LogP contribution in [0.2, 0.25) is 0 Å². The van der Waals surface area contributed by atoms with Crippen molar-refractivity contribution >= 4 is 38.2 Å². The van der Waals surface area contributed by atoms with Crippen LogP contribution >= 0.6 is 11.3 Å². The van der Waals surface area contributed by atoms with Gasteiger partial charge in [-0.25, -0.2) is 4.98 Å². The third-order valence-corrected chi connectivity index (χ3v) is 6.69. The predicted molar refractivity (Wildman–Crippen MR) is 118 cm³/mol. The van der Waals surface area contributed by atoms with Crippen molar-refractivity contribution in [2.45, 2.75) is 19.3 Å². The van der Waals surface area contributed by atoms with Crippen molar-refractivity contribution in [1.29, 1.82) is 0 Å². The number of nitrogens with zero attached hydrogens (tertiary/aromatic N) is 3. The molecule has 1 aromatic carbocycles. The smallest absolute Gasteiger partial charge is 0.264 e. The van der Waals surface area contributed by atoms with Gasteiger partial charge in [0.2, 0.25) is 0 Å². The highest BCUT2D eigenvalue weighted by Gasteiger charge is 2.20. The minimum atomic E-state index is 0.00123. The lowest BCUT2D eigenvalue weighted by atomic mass is 10.0. The van der Waals surface area contributed by atoms with E-state index in [2.05, 4.69) is 11.1 Å². The maximum atomic E-state index is 12.8. The van der Waals surface area contributed by atoms with Gasteiger partial charge in [0.15, 0.2) is 0 Å². The van der Waals surface area contributed by atoms with Gasteiger partial charge in [-0.2, -0.15) is 0 Å². The maximum Gasteiger partial charge on any atom is 0.264 e. The number of thiophene rings is 1. The number of benzene rings is 1. The van der Waals surface area contributed by atoms with Crippen LogP contribution in [0.3, 0.4) is 0 Å². The Morgan fingerprint density at radius 3 is 2.62 bits per heavy atom. The van der Waals surface area contributed by atoms with Crippen LogP contribution in [0.1, 0.15) is 28.9 Å². The zero-order valence-corrected chi connectivity index (χ0v) is 17.0. The Morgan fingerprint density at radius 2 is 1.79 bits per heavy atom. The second kappa shape index (κ2) is 7.12. The minimum Gasteiger partial charge on any atom is -0.338 e. The van der Waals surface area contributed by atoms with Gasteiger partial charge in [0, 0.05) is 48.9 Å². The Bertz CT molecular complexity index is 1300. The van der Waals surface area contributed by atoms with Crippen LogP contribution in [0.25, 0.3) is 32.1 Å². The summed E-state index contributed by atoms with van der Waals surface area (Å²) < 4.78 is 1.59. The van der Waals surface area contributed by atoms with Gasteiger partial charge in [0.25, 0.3) is 11.5 Å². The fourth-order valence-corrected chi connectivity index (χ4v) is 4.93. The number of amides is 1. The van der Waals surface area contributed by atoms with Gasteiger partial charge in [-0.05, 0) is 60.5 Å². The van der Waals surface area contributed by atoms with Crippen LogP contribution in [-0.2, 0) is 7.05 Å². The Hall–Kier alpha value is -2.99. The SMILES string of the molecule is Cn1ccc2cc(-c3cnc4sc(C(=O)N5CCCCC5)cc4c3)ccc2c1=O. The number of hydrogen-bond acceptors (Lipinski definition) is 4. The second-order valence-corrected chi connectivity index (χ2v) is 8.65. The first-order valence-corrected chi connectivity index (χ1v) is 10.7. The molecular weight excluding hydrogens is 382 g/mol. The first kappa shape index (κ1) is 18.1. The average molecular weight is 404 g/mol. The Balaban J connectivity index is 1.51. The number of likely N-dealkylation sites (tertiary alicyclic amines) is 1. The van der Waals surface area contributed by atoms with Crippen molar-refractivity contribution in [2.75, 3.05) is 13.1 Å². The first-order valence-electron chi connectivity index (χ1n) is 9.89. The summed E-state index contributed by atoms with van der Waals surface area (Å²) in [6, 6.07) is 11.8. The molecule has 0 atom stereocenters. The zero-order chi connectivity index (χ0) is 20.0.